The van der Waals surface area contributed by atoms with Gasteiger partial charge in [0.25, 0.3) is 0 Å². The van der Waals surface area contributed by atoms with E-state index in [9.17, 15) is 4.39 Å². The molecule has 0 aliphatic carbocycles. The summed E-state index contributed by atoms with van der Waals surface area (Å²) in [7, 11) is 1.57. The summed E-state index contributed by atoms with van der Waals surface area (Å²) in [6.45, 7) is 1.10. The largest absolute Gasteiger partial charge is 0.493 e. The highest BCUT2D eigenvalue weighted by molar-refractivity contribution is 6.31. The summed E-state index contributed by atoms with van der Waals surface area (Å²) in [6.07, 6.45) is 6.31. The summed E-state index contributed by atoms with van der Waals surface area (Å²) in [6, 6.07) is 7.93. The number of aromatic nitrogens is 2. The highest BCUT2D eigenvalue weighted by Gasteiger charge is 2.26. The highest BCUT2D eigenvalue weighted by atomic mass is 35.5. The van der Waals surface area contributed by atoms with Gasteiger partial charge >= 0.3 is 0 Å². The minimum absolute atomic E-state index is 0.0136. The summed E-state index contributed by atoms with van der Waals surface area (Å²) in [5, 5.41) is 4.51. The molecule has 2 heterocycles. The van der Waals surface area contributed by atoms with Crippen molar-refractivity contribution in [3.05, 3.63) is 65.5 Å². The lowest BCUT2D eigenvalue weighted by Crippen LogP contribution is -2.36. The summed E-state index contributed by atoms with van der Waals surface area (Å²) < 4.78 is 26.9. The van der Waals surface area contributed by atoms with Gasteiger partial charge in [0.05, 0.1) is 42.7 Å². The van der Waals surface area contributed by atoms with Crippen LogP contribution in [0.5, 0.6) is 11.5 Å². The van der Waals surface area contributed by atoms with Crippen LogP contribution in [0.15, 0.2) is 54.0 Å². The second-order valence-electron chi connectivity index (χ2n) is 6.54. The molecule has 0 bridgehead atoms. The summed E-state index contributed by atoms with van der Waals surface area (Å²) >= 11 is 5.90. The van der Waals surface area contributed by atoms with Crippen LogP contribution >= 0.6 is 11.6 Å². The topological polar surface area (TPSA) is 89.9 Å². The third-order valence-electron chi connectivity index (χ3n) is 4.68. The fourth-order valence-electron chi connectivity index (χ4n) is 3.13. The van der Waals surface area contributed by atoms with Gasteiger partial charge in [0.15, 0.2) is 17.7 Å². The fourth-order valence-corrected chi connectivity index (χ4v) is 3.31. The van der Waals surface area contributed by atoms with Crippen molar-refractivity contribution in [1.82, 2.24) is 9.55 Å². The minimum Gasteiger partial charge on any atom is -0.493 e. The Bertz CT molecular complexity index is 1060. The molecule has 4 rings (SSSR count). The summed E-state index contributed by atoms with van der Waals surface area (Å²) in [4.78, 5) is 8.43. The van der Waals surface area contributed by atoms with Crippen molar-refractivity contribution < 1.29 is 13.9 Å². The van der Waals surface area contributed by atoms with E-state index >= 15 is 0 Å². The van der Waals surface area contributed by atoms with Crippen LogP contribution in [0.1, 0.15) is 11.7 Å². The zero-order valence-corrected chi connectivity index (χ0v) is 16.9. The first-order chi connectivity index (χ1) is 14.6. The maximum atomic E-state index is 13.5. The number of halogens is 2. The Kier molecular flexibility index (Phi) is 5.73. The predicted octanol–water partition coefficient (Wildman–Crippen LogP) is 3.60. The van der Waals surface area contributed by atoms with Crippen LogP contribution in [0.4, 0.5) is 15.8 Å². The molecule has 0 fully saturated rings. The van der Waals surface area contributed by atoms with Gasteiger partial charge in [-0.25, -0.2) is 20.2 Å². The van der Waals surface area contributed by atoms with E-state index in [1.165, 1.54) is 17.1 Å². The number of rotatable bonds is 7. The Morgan fingerprint density at radius 3 is 2.90 bits per heavy atom. The molecule has 2 aromatic carbocycles. The number of methoxy groups -OCH3 is 1. The van der Waals surface area contributed by atoms with Gasteiger partial charge in [0.1, 0.15) is 12.4 Å². The molecule has 30 heavy (non-hydrogen) atoms. The number of fused-ring (bicyclic) bond motifs is 1. The average Bonchev–Trinajstić information content (AvgIpc) is 3.27. The normalized spacial score (nSPS) is 14.7. The van der Waals surface area contributed by atoms with Gasteiger partial charge in [0.2, 0.25) is 0 Å². The van der Waals surface area contributed by atoms with Gasteiger partial charge in [-0.15, -0.1) is 0 Å². The van der Waals surface area contributed by atoms with Crippen LogP contribution in [-0.2, 0) is 6.54 Å². The Morgan fingerprint density at radius 1 is 1.30 bits per heavy atom. The number of hydrogen-bond acceptors (Lipinski definition) is 7. The molecule has 0 radical (unpaired) electrons. The maximum Gasteiger partial charge on any atom is 0.164 e. The Morgan fingerprint density at radius 2 is 2.17 bits per heavy atom. The lowest BCUT2D eigenvalue weighted by molar-refractivity contribution is 0.279. The number of hydrogen-bond donors (Lipinski definition) is 2. The lowest BCUT2D eigenvalue weighted by atomic mass is 10.1. The summed E-state index contributed by atoms with van der Waals surface area (Å²) in [5.74, 6) is 6.92. The van der Waals surface area contributed by atoms with Crippen LogP contribution in [-0.4, -0.2) is 29.6 Å². The second kappa shape index (κ2) is 8.60. The Hall–Kier alpha value is -3.30. The smallest absolute Gasteiger partial charge is 0.164 e. The molecule has 1 atom stereocenters. The number of aliphatic imine (C=N–C) groups is 1. The highest BCUT2D eigenvalue weighted by Crippen LogP contribution is 2.40. The molecule has 0 spiro atoms. The van der Waals surface area contributed by atoms with Crippen molar-refractivity contribution in [2.75, 3.05) is 24.0 Å². The molecule has 1 unspecified atom stereocenters. The molecule has 0 saturated heterocycles. The van der Waals surface area contributed by atoms with Crippen LogP contribution in [0, 0.1) is 5.82 Å². The molecule has 1 aliphatic rings. The quantitative estimate of drug-likeness (QED) is 0.439. The van der Waals surface area contributed by atoms with E-state index in [-0.39, 0.29) is 5.02 Å². The third-order valence-corrected chi connectivity index (χ3v) is 4.97. The van der Waals surface area contributed by atoms with Crippen molar-refractivity contribution in [3.63, 3.8) is 0 Å². The second-order valence-corrected chi connectivity index (χ2v) is 6.95. The van der Waals surface area contributed by atoms with Crippen molar-refractivity contribution in [2.45, 2.75) is 12.7 Å². The molecule has 10 heteroatoms. The van der Waals surface area contributed by atoms with E-state index in [0.717, 1.165) is 11.3 Å². The van der Waals surface area contributed by atoms with Crippen LogP contribution in [0.2, 0.25) is 5.02 Å². The van der Waals surface area contributed by atoms with Crippen LogP contribution in [0.3, 0.4) is 0 Å². The van der Waals surface area contributed by atoms with Crippen molar-refractivity contribution in [3.8, 4) is 11.5 Å². The van der Waals surface area contributed by atoms with Crippen LogP contribution < -0.4 is 25.6 Å². The molecule has 3 N–H and O–H groups in total. The van der Waals surface area contributed by atoms with Gasteiger partial charge in [-0.05, 0) is 24.3 Å². The van der Waals surface area contributed by atoms with Gasteiger partial charge in [0, 0.05) is 24.0 Å². The van der Waals surface area contributed by atoms with E-state index in [1.54, 1.807) is 32.0 Å². The number of nitrogens with zero attached hydrogens (tertiary/aromatic N) is 4. The molecular formula is C20H20ClFN6O2. The third kappa shape index (κ3) is 4.03. The predicted molar refractivity (Wildman–Crippen MR) is 114 cm³/mol. The maximum absolute atomic E-state index is 13.5. The van der Waals surface area contributed by atoms with Gasteiger partial charge < -0.3 is 19.4 Å². The van der Waals surface area contributed by atoms with E-state index in [1.807, 2.05) is 22.9 Å². The van der Waals surface area contributed by atoms with Crippen molar-refractivity contribution in [1.29, 1.82) is 0 Å². The van der Waals surface area contributed by atoms with Crippen molar-refractivity contribution in [2.24, 2.45) is 10.8 Å². The Balaban J connectivity index is 1.58. The first-order valence-electron chi connectivity index (χ1n) is 9.14. The van der Waals surface area contributed by atoms with Gasteiger partial charge in [-0.3, -0.25) is 5.01 Å². The molecule has 8 nitrogen and oxygen atoms in total. The Labute approximate surface area is 177 Å². The number of ether oxygens (including phenoxy) is 2. The first-order valence-corrected chi connectivity index (χ1v) is 9.52. The number of anilines is 2. The zero-order chi connectivity index (χ0) is 21.1. The van der Waals surface area contributed by atoms with Crippen molar-refractivity contribution >= 4 is 29.3 Å². The van der Waals surface area contributed by atoms with E-state index in [4.69, 9.17) is 26.9 Å². The number of nitrogens with one attached hydrogen (secondary N) is 1. The van der Waals surface area contributed by atoms with Gasteiger partial charge in [-0.2, -0.15) is 0 Å². The first kappa shape index (κ1) is 20.0. The monoisotopic (exact) mass is 430 g/mol. The molecule has 0 amide bonds. The minimum atomic E-state index is -0.559. The lowest BCUT2D eigenvalue weighted by Gasteiger charge is -2.31. The molecule has 1 aromatic heterocycles. The fraction of sp³-hybridized carbons (Fsp3) is 0.200. The SMILES string of the molecule is COc1cc2c(cc1OCCn1ccnc1)NC=NC2N(N)c1ccc(F)c(Cl)c1. The van der Waals surface area contributed by atoms with Gasteiger partial charge in [-0.1, -0.05) is 11.6 Å². The van der Waals surface area contributed by atoms with E-state index < -0.39 is 12.0 Å². The van der Waals surface area contributed by atoms with E-state index in [2.05, 4.69) is 15.3 Å². The molecule has 156 valence electrons. The van der Waals surface area contributed by atoms with Crippen LogP contribution in [0.25, 0.3) is 0 Å². The number of imidazole rings is 1. The standard InChI is InChI=1S/C20H20ClFN6O2/c1-29-18-9-14-17(10-19(18)30-7-6-27-5-4-24-12-27)25-11-26-20(14)28(23)13-2-3-16(22)15(21)8-13/h2-5,8-12,20H,6-7,23H2,1H3,(H,25,26). The molecule has 3 aromatic rings. The number of hydrazine groups is 1. The average molecular weight is 431 g/mol. The number of nitrogens with two attached hydrogens (primary N) is 1. The molecule has 1 aliphatic heterocycles. The summed E-state index contributed by atoms with van der Waals surface area (Å²) in [5.41, 5.74) is 2.08. The zero-order valence-electron chi connectivity index (χ0n) is 16.1. The molecular weight excluding hydrogens is 411 g/mol. The van der Waals surface area contributed by atoms with E-state index in [0.29, 0.717) is 30.3 Å². The molecule has 0 saturated carbocycles. The number of benzene rings is 2.